The molecule has 160 valence electrons. The molecule has 6 nitrogen and oxygen atoms in total. The minimum absolute atomic E-state index is 0. The van der Waals surface area contributed by atoms with Crippen LogP contribution in [-0.2, 0) is 9.84 Å². The van der Waals surface area contributed by atoms with Crippen LogP contribution in [0.3, 0.4) is 0 Å². The smallest absolute Gasteiger partial charge is 0.193 e. The first-order valence-corrected chi connectivity index (χ1v) is 12.0. The number of nitrogens with zero attached hydrogens (tertiary/aromatic N) is 3. The summed E-state index contributed by atoms with van der Waals surface area (Å²) >= 11 is 0. The van der Waals surface area contributed by atoms with Crippen molar-refractivity contribution in [2.75, 3.05) is 51.6 Å². The Morgan fingerprint density at radius 3 is 2.41 bits per heavy atom. The van der Waals surface area contributed by atoms with Crippen molar-refractivity contribution in [2.24, 2.45) is 4.99 Å². The topological polar surface area (TPSA) is 65.0 Å². The number of hydrogen-bond donors (Lipinski definition) is 1. The maximum absolute atomic E-state index is 12.2. The highest BCUT2D eigenvalue weighted by Crippen LogP contribution is 2.23. The van der Waals surface area contributed by atoms with E-state index in [1.54, 1.807) is 0 Å². The van der Waals surface area contributed by atoms with Crippen LogP contribution in [0, 0.1) is 0 Å². The standard InChI is InChI=1S/C19H38N4O2S.HI/c1-4-20-18(23-15-16-26(24,25)19(2,3)17-23)21-11-7-5-8-12-22-13-9-6-10-14-22;/h4-17H2,1-3H3,(H,20,21);1H. The summed E-state index contributed by atoms with van der Waals surface area (Å²) in [5.41, 5.74) is 0. The van der Waals surface area contributed by atoms with Gasteiger partial charge < -0.3 is 15.1 Å². The second-order valence-corrected chi connectivity index (χ2v) is 10.9. The molecule has 2 saturated heterocycles. The molecule has 0 unspecified atom stereocenters. The van der Waals surface area contributed by atoms with E-state index < -0.39 is 14.6 Å². The van der Waals surface area contributed by atoms with Gasteiger partial charge in [0.25, 0.3) is 0 Å². The fourth-order valence-corrected chi connectivity index (χ4v) is 5.11. The molecule has 2 heterocycles. The van der Waals surface area contributed by atoms with Gasteiger partial charge in [0.05, 0.1) is 10.5 Å². The first kappa shape index (κ1) is 24.9. The van der Waals surface area contributed by atoms with E-state index in [1.165, 1.54) is 51.7 Å². The fourth-order valence-electron chi connectivity index (χ4n) is 3.74. The quantitative estimate of drug-likeness (QED) is 0.245. The highest BCUT2D eigenvalue weighted by molar-refractivity contribution is 14.0. The van der Waals surface area contributed by atoms with Gasteiger partial charge in [-0.3, -0.25) is 4.99 Å². The number of hydrogen-bond acceptors (Lipinski definition) is 4. The molecule has 0 saturated carbocycles. The molecule has 0 atom stereocenters. The van der Waals surface area contributed by atoms with Gasteiger partial charge >= 0.3 is 0 Å². The Labute approximate surface area is 183 Å². The number of halogens is 1. The number of aliphatic imine (C=N–C) groups is 1. The maximum atomic E-state index is 12.2. The predicted octanol–water partition coefficient (Wildman–Crippen LogP) is 2.74. The third kappa shape index (κ3) is 7.68. The number of guanidine groups is 1. The largest absolute Gasteiger partial charge is 0.357 e. The minimum atomic E-state index is -3.01. The van der Waals surface area contributed by atoms with Crippen LogP contribution in [0.4, 0.5) is 0 Å². The number of unbranched alkanes of at least 4 members (excludes halogenated alkanes) is 2. The van der Waals surface area contributed by atoms with Crippen molar-refractivity contribution in [1.82, 2.24) is 15.1 Å². The molecule has 0 aromatic rings. The van der Waals surface area contributed by atoms with Crippen LogP contribution in [0.15, 0.2) is 4.99 Å². The summed E-state index contributed by atoms with van der Waals surface area (Å²) in [6, 6.07) is 0. The molecule has 0 aliphatic carbocycles. The molecule has 27 heavy (non-hydrogen) atoms. The zero-order valence-electron chi connectivity index (χ0n) is 17.4. The third-order valence-electron chi connectivity index (χ3n) is 5.52. The molecular formula is C19H39IN4O2S. The monoisotopic (exact) mass is 514 g/mol. The van der Waals surface area contributed by atoms with Gasteiger partial charge in [-0.15, -0.1) is 24.0 Å². The Hall–Kier alpha value is -0.0900. The van der Waals surface area contributed by atoms with Crippen molar-refractivity contribution < 1.29 is 8.42 Å². The molecular weight excluding hydrogens is 475 g/mol. The first-order chi connectivity index (χ1) is 12.4. The van der Waals surface area contributed by atoms with E-state index in [0.29, 0.717) is 13.1 Å². The second-order valence-electron chi connectivity index (χ2n) is 8.20. The lowest BCUT2D eigenvalue weighted by Crippen LogP contribution is -2.57. The van der Waals surface area contributed by atoms with Gasteiger partial charge in [0, 0.05) is 26.2 Å². The van der Waals surface area contributed by atoms with Crippen LogP contribution in [-0.4, -0.2) is 80.5 Å². The van der Waals surface area contributed by atoms with E-state index in [1.807, 2.05) is 13.8 Å². The van der Waals surface area contributed by atoms with Gasteiger partial charge in [0.15, 0.2) is 15.8 Å². The summed E-state index contributed by atoms with van der Waals surface area (Å²) in [5.74, 6) is 1.08. The Bertz CT molecular complexity index is 560. The van der Waals surface area contributed by atoms with Crippen molar-refractivity contribution in [1.29, 1.82) is 0 Å². The van der Waals surface area contributed by atoms with E-state index in [-0.39, 0.29) is 29.7 Å². The fraction of sp³-hybridized carbons (Fsp3) is 0.947. The van der Waals surface area contributed by atoms with Crippen molar-refractivity contribution in [2.45, 2.75) is 64.0 Å². The summed E-state index contributed by atoms with van der Waals surface area (Å²) in [7, 11) is -3.01. The average molecular weight is 515 g/mol. The van der Waals surface area contributed by atoms with Gasteiger partial charge in [0.1, 0.15) is 0 Å². The normalized spacial score (nSPS) is 22.9. The second kappa shape index (κ2) is 11.8. The molecule has 1 N–H and O–H groups in total. The van der Waals surface area contributed by atoms with E-state index in [4.69, 9.17) is 4.99 Å². The molecule has 0 radical (unpaired) electrons. The van der Waals surface area contributed by atoms with Gasteiger partial charge in [-0.1, -0.05) is 12.8 Å². The van der Waals surface area contributed by atoms with Crippen LogP contribution in [0.1, 0.15) is 59.3 Å². The number of nitrogens with one attached hydrogen (secondary N) is 1. The number of rotatable bonds is 7. The summed E-state index contributed by atoms with van der Waals surface area (Å²) in [4.78, 5) is 9.46. The highest BCUT2D eigenvalue weighted by atomic mass is 127. The van der Waals surface area contributed by atoms with Crippen LogP contribution in [0.25, 0.3) is 0 Å². The lowest BCUT2D eigenvalue weighted by atomic mass is 10.1. The molecule has 8 heteroatoms. The Balaban J connectivity index is 0.00000364. The number of piperidine rings is 1. The predicted molar refractivity (Wildman–Crippen MR) is 125 cm³/mol. The number of likely N-dealkylation sites (tertiary alicyclic amines) is 1. The van der Waals surface area contributed by atoms with E-state index in [2.05, 4.69) is 22.0 Å². The van der Waals surface area contributed by atoms with Crippen LogP contribution in [0.5, 0.6) is 0 Å². The van der Waals surface area contributed by atoms with Crippen molar-refractivity contribution in [3.63, 3.8) is 0 Å². The zero-order chi connectivity index (χ0) is 19.0. The first-order valence-electron chi connectivity index (χ1n) is 10.3. The molecule has 2 rings (SSSR count). The third-order valence-corrected chi connectivity index (χ3v) is 8.05. The molecule has 0 aromatic carbocycles. The van der Waals surface area contributed by atoms with Crippen molar-refractivity contribution in [3.05, 3.63) is 0 Å². The van der Waals surface area contributed by atoms with Gasteiger partial charge in [0.2, 0.25) is 0 Å². The Morgan fingerprint density at radius 2 is 1.78 bits per heavy atom. The van der Waals surface area contributed by atoms with Crippen LogP contribution >= 0.6 is 24.0 Å². The van der Waals surface area contributed by atoms with Gasteiger partial charge in [-0.25, -0.2) is 8.42 Å². The maximum Gasteiger partial charge on any atom is 0.193 e. The molecule has 0 spiro atoms. The highest BCUT2D eigenvalue weighted by Gasteiger charge is 2.40. The molecule has 2 fully saturated rings. The zero-order valence-corrected chi connectivity index (χ0v) is 20.5. The Kier molecular flexibility index (Phi) is 10.9. The van der Waals surface area contributed by atoms with Crippen molar-refractivity contribution in [3.8, 4) is 0 Å². The molecule has 2 aliphatic heterocycles. The van der Waals surface area contributed by atoms with Gasteiger partial charge in [-0.2, -0.15) is 0 Å². The number of sulfone groups is 1. The van der Waals surface area contributed by atoms with E-state index in [0.717, 1.165) is 25.5 Å². The lowest BCUT2D eigenvalue weighted by Gasteiger charge is -2.39. The van der Waals surface area contributed by atoms with Crippen LogP contribution < -0.4 is 5.32 Å². The van der Waals surface area contributed by atoms with Crippen molar-refractivity contribution >= 4 is 39.8 Å². The molecule has 0 aromatic heterocycles. The summed E-state index contributed by atoms with van der Waals surface area (Å²) < 4.78 is 23.7. The molecule has 0 amide bonds. The van der Waals surface area contributed by atoms with E-state index in [9.17, 15) is 8.42 Å². The minimum Gasteiger partial charge on any atom is -0.357 e. The van der Waals surface area contributed by atoms with Gasteiger partial charge in [-0.05, 0) is 66.1 Å². The molecule has 0 bridgehead atoms. The Morgan fingerprint density at radius 1 is 1.07 bits per heavy atom. The SMILES string of the molecule is CCNC(=NCCCCCN1CCCCC1)N1CCS(=O)(=O)C(C)(C)C1.I. The summed E-state index contributed by atoms with van der Waals surface area (Å²) in [6.45, 7) is 12.1. The average Bonchev–Trinajstić information content (AvgIpc) is 2.60. The lowest BCUT2D eigenvalue weighted by molar-refractivity contribution is 0.224. The molecule has 2 aliphatic rings. The van der Waals surface area contributed by atoms with E-state index >= 15 is 0 Å². The summed E-state index contributed by atoms with van der Waals surface area (Å²) in [6.07, 6.45) is 7.67. The summed E-state index contributed by atoms with van der Waals surface area (Å²) in [5, 5.41) is 3.33. The van der Waals surface area contributed by atoms with Crippen LogP contribution in [0.2, 0.25) is 0 Å².